The van der Waals surface area contributed by atoms with Crippen molar-refractivity contribution in [1.82, 2.24) is 40.3 Å². The first-order valence-electron chi connectivity index (χ1n) is 23.4. The molecule has 0 bridgehead atoms. The highest BCUT2D eigenvalue weighted by Gasteiger charge is 2.26. The Morgan fingerprint density at radius 2 is 1.05 bits per heavy atom. The molecule has 0 N–H and O–H groups in total. The Balaban J connectivity index is 0.000000198. The number of pyridine rings is 4. The first-order valence-corrected chi connectivity index (χ1v) is 36.0. The van der Waals surface area contributed by atoms with Crippen LogP contribution in [-0.2, 0) is 9.47 Å². The quantitative estimate of drug-likeness (QED) is 0.0396. The molecule has 0 unspecified atom stereocenters. The molecule has 2 saturated carbocycles. The van der Waals surface area contributed by atoms with Gasteiger partial charge in [-0.2, -0.15) is 0 Å². The maximum atomic E-state index is 6.15. The molecule has 2 aliphatic rings. The standard InChI is InChI=1S/C26H37N5OSSi2.C23H29N5OSSi/c1-34(2,3)15-13-20-17-23-22(27-18-20)11-12-24(28-23)31(19-32-14-16-35(4,5)6)26-30-29-25(33-26)21-9-7-8-10-21;1-5-17-14-20-19(24-15-17)10-11-21(25-20)28(16-29-12-13-31(2,3)4)23-27-26-22(30-23)18-8-6-7-9-18/h11-12,17-18,21H,7-10,14,16,19H2,1-6H3;1,10-11,14-15,18H,6-9,12-13,16H2,2-4H3. The van der Waals surface area contributed by atoms with Gasteiger partial charge in [0.1, 0.15) is 43.2 Å². The fraction of sp³-hybridized carbons (Fsp3) is 0.510. The summed E-state index contributed by atoms with van der Waals surface area (Å²) in [4.78, 5) is 22.9. The summed E-state index contributed by atoms with van der Waals surface area (Å²) in [5, 5.41) is 22.1. The minimum Gasteiger partial charge on any atom is -0.361 e. The number of fused-ring (bicyclic) bond motifs is 2. The van der Waals surface area contributed by atoms with E-state index in [9.17, 15) is 0 Å². The van der Waals surface area contributed by atoms with E-state index >= 15 is 0 Å². The van der Waals surface area contributed by atoms with Crippen molar-refractivity contribution in [2.75, 3.05) is 36.5 Å². The van der Waals surface area contributed by atoms with Crippen LogP contribution in [0.4, 0.5) is 21.9 Å². The molecule has 0 saturated heterocycles. The molecule has 66 heavy (non-hydrogen) atoms. The predicted octanol–water partition coefficient (Wildman–Crippen LogP) is 12.4. The van der Waals surface area contributed by atoms with E-state index in [0.29, 0.717) is 25.3 Å². The number of hydrogen-bond acceptors (Lipinski definition) is 14. The van der Waals surface area contributed by atoms with Crippen LogP contribution in [0.25, 0.3) is 22.1 Å². The van der Waals surface area contributed by atoms with E-state index in [1.807, 2.05) is 47.5 Å². The van der Waals surface area contributed by atoms with Crippen LogP contribution in [0.2, 0.25) is 71.0 Å². The Kier molecular flexibility index (Phi) is 16.6. The second-order valence-corrected chi connectivity index (χ2v) is 38.8. The Hall–Kier alpha value is -4.47. The number of rotatable bonds is 16. The van der Waals surface area contributed by atoms with Crippen LogP contribution in [-0.4, -0.2) is 91.2 Å². The smallest absolute Gasteiger partial charge is 0.215 e. The van der Waals surface area contributed by atoms with E-state index in [4.69, 9.17) is 25.9 Å². The normalized spacial score (nSPS) is 14.8. The van der Waals surface area contributed by atoms with Gasteiger partial charge in [0, 0.05) is 64.7 Å². The Labute approximate surface area is 402 Å². The third kappa shape index (κ3) is 14.3. The lowest BCUT2D eigenvalue weighted by atomic mass is 10.1. The van der Waals surface area contributed by atoms with Gasteiger partial charge < -0.3 is 9.47 Å². The third-order valence-corrected chi connectivity index (χ3v) is 18.0. The molecule has 12 nitrogen and oxygen atoms in total. The fourth-order valence-corrected chi connectivity index (χ4v) is 11.6. The fourth-order valence-electron chi connectivity index (χ4n) is 7.55. The average Bonchev–Trinajstić information content (AvgIpc) is 4.13. The van der Waals surface area contributed by atoms with Gasteiger partial charge in [-0.15, -0.1) is 32.4 Å². The molecule has 6 aromatic rings. The molecule has 0 aromatic carbocycles. The van der Waals surface area contributed by atoms with Gasteiger partial charge in [-0.3, -0.25) is 19.8 Å². The number of anilines is 4. The molecule has 0 atom stereocenters. The number of ether oxygens (including phenoxy) is 2. The van der Waals surface area contributed by atoms with Crippen molar-refractivity contribution in [2.24, 2.45) is 0 Å². The van der Waals surface area contributed by atoms with Gasteiger partial charge in [0.25, 0.3) is 0 Å². The predicted molar refractivity (Wildman–Crippen MR) is 282 cm³/mol. The Morgan fingerprint density at radius 1 is 0.606 bits per heavy atom. The van der Waals surface area contributed by atoms with E-state index in [1.54, 1.807) is 28.9 Å². The monoisotopic (exact) mass is 974 g/mol. The molecule has 17 heteroatoms. The van der Waals surface area contributed by atoms with Gasteiger partial charge in [0.05, 0.1) is 22.1 Å². The molecular formula is C49H66N10O2S2Si3. The molecular weight excluding hydrogens is 909 g/mol. The van der Waals surface area contributed by atoms with Crippen molar-refractivity contribution in [3.05, 3.63) is 69.9 Å². The van der Waals surface area contributed by atoms with Crippen molar-refractivity contribution in [1.29, 1.82) is 0 Å². The summed E-state index contributed by atoms with van der Waals surface area (Å²) in [5.41, 5.74) is 8.31. The highest BCUT2D eigenvalue weighted by atomic mass is 32.1. The number of aromatic nitrogens is 8. The van der Waals surface area contributed by atoms with Crippen molar-refractivity contribution >= 4 is 90.9 Å². The second-order valence-electron chi connectivity index (χ2n) is 20.9. The van der Waals surface area contributed by atoms with Gasteiger partial charge >= 0.3 is 0 Å². The zero-order valence-corrected chi connectivity index (χ0v) is 45.0. The van der Waals surface area contributed by atoms with Gasteiger partial charge in [-0.1, -0.05) is 119 Å². The van der Waals surface area contributed by atoms with E-state index in [0.717, 1.165) is 90.4 Å². The van der Waals surface area contributed by atoms with E-state index in [-0.39, 0.29) is 0 Å². The van der Waals surface area contributed by atoms with Crippen LogP contribution < -0.4 is 9.80 Å². The molecule has 0 aliphatic heterocycles. The summed E-state index contributed by atoms with van der Waals surface area (Å²) >= 11 is 3.33. The summed E-state index contributed by atoms with van der Waals surface area (Å²) in [6.45, 7) is 23.2. The molecule has 6 heterocycles. The maximum Gasteiger partial charge on any atom is 0.215 e. The molecule has 0 radical (unpaired) electrons. The highest BCUT2D eigenvalue weighted by molar-refractivity contribution is 7.15. The van der Waals surface area contributed by atoms with Crippen LogP contribution in [0.1, 0.15) is 84.3 Å². The summed E-state index contributed by atoms with van der Waals surface area (Å²) in [6.07, 6.45) is 19.0. The van der Waals surface area contributed by atoms with Crippen molar-refractivity contribution in [3.63, 3.8) is 0 Å². The maximum absolute atomic E-state index is 6.15. The first-order chi connectivity index (χ1) is 31.5. The molecule has 0 spiro atoms. The number of terminal acetylenes is 1. The van der Waals surface area contributed by atoms with Crippen LogP contribution in [0, 0.1) is 23.8 Å². The summed E-state index contributed by atoms with van der Waals surface area (Å²) < 4.78 is 12.2. The Bertz CT molecular complexity index is 2660. The van der Waals surface area contributed by atoms with Crippen molar-refractivity contribution < 1.29 is 9.47 Å². The molecule has 8 rings (SSSR count). The summed E-state index contributed by atoms with van der Waals surface area (Å²) in [7, 11) is -3.80. The molecule has 2 fully saturated rings. The lowest BCUT2D eigenvalue weighted by Gasteiger charge is -2.22. The van der Waals surface area contributed by atoms with Crippen molar-refractivity contribution in [2.45, 2.75) is 134 Å². The van der Waals surface area contributed by atoms with Gasteiger partial charge in [-0.05, 0) is 74.2 Å². The largest absolute Gasteiger partial charge is 0.361 e. The lowest BCUT2D eigenvalue weighted by molar-refractivity contribution is 0.153. The minimum atomic E-state index is -1.47. The summed E-state index contributed by atoms with van der Waals surface area (Å²) in [6, 6.07) is 14.1. The average molecular weight is 976 g/mol. The molecule has 348 valence electrons. The van der Waals surface area contributed by atoms with E-state index in [1.165, 1.54) is 51.4 Å². The summed E-state index contributed by atoms with van der Waals surface area (Å²) in [5.74, 6) is 8.58. The number of hydrogen-bond donors (Lipinski definition) is 0. The SMILES string of the molecule is C#Cc1cnc2ccc(N(COCC[Si](C)(C)C)c3nnc(C4CCCC4)s3)nc2c1.C[Si](C)(C)C#Cc1cnc2ccc(N(COCC[Si](C)(C)C)c3nnc(C4CCCC4)s3)nc2c1. The van der Waals surface area contributed by atoms with Gasteiger partial charge in [0.15, 0.2) is 0 Å². The van der Waals surface area contributed by atoms with Crippen LogP contribution in [0.3, 0.4) is 0 Å². The zero-order chi connectivity index (χ0) is 46.9. The molecule has 2 aliphatic carbocycles. The highest BCUT2D eigenvalue weighted by Crippen LogP contribution is 2.40. The van der Waals surface area contributed by atoms with Crippen LogP contribution in [0.5, 0.6) is 0 Å². The minimum absolute atomic E-state index is 0.393. The van der Waals surface area contributed by atoms with Gasteiger partial charge in [0.2, 0.25) is 10.3 Å². The second kappa shape index (κ2) is 22.1. The first kappa shape index (κ1) is 49.4. The molecule has 6 aromatic heterocycles. The Morgan fingerprint density at radius 3 is 1.47 bits per heavy atom. The van der Waals surface area contributed by atoms with E-state index < -0.39 is 24.2 Å². The third-order valence-electron chi connectivity index (χ3n) is 11.5. The molecule has 0 amide bonds. The lowest BCUT2D eigenvalue weighted by Crippen LogP contribution is -2.26. The van der Waals surface area contributed by atoms with Crippen LogP contribution in [0.15, 0.2) is 48.8 Å². The number of nitrogens with zero attached hydrogens (tertiary/aromatic N) is 10. The van der Waals surface area contributed by atoms with Crippen molar-refractivity contribution in [3.8, 4) is 23.8 Å². The zero-order valence-electron chi connectivity index (χ0n) is 40.4. The van der Waals surface area contributed by atoms with Crippen LogP contribution >= 0.6 is 22.7 Å². The topological polar surface area (TPSA) is 128 Å². The van der Waals surface area contributed by atoms with E-state index in [2.05, 4.69) is 112 Å². The van der Waals surface area contributed by atoms with Gasteiger partial charge in [-0.25, -0.2) is 9.97 Å².